The third-order valence-electron chi connectivity index (χ3n) is 8.44. The predicted molar refractivity (Wildman–Crippen MR) is 210 cm³/mol. The Kier molecular flexibility index (Phi) is 12.7. The Morgan fingerprint density at radius 3 is 1.63 bits per heavy atom. The summed E-state index contributed by atoms with van der Waals surface area (Å²) in [5, 5.41) is 28.5. The second-order valence-electron chi connectivity index (χ2n) is 12.7. The molecule has 52 heavy (non-hydrogen) atoms. The molecule has 0 saturated carbocycles. The number of anilines is 3. The van der Waals surface area contributed by atoms with E-state index in [1.54, 1.807) is 11.3 Å². The highest BCUT2D eigenvalue weighted by Gasteiger charge is 2.38. The molecular formula is C44H42N4O3S. The second-order valence-corrected chi connectivity index (χ2v) is 13.8. The van der Waals surface area contributed by atoms with E-state index in [9.17, 15) is 15.8 Å². The number of hydrogen-bond acceptors (Lipinski definition) is 8. The predicted octanol–water partition coefficient (Wildman–Crippen LogP) is 11.7. The van der Waals surface area contributed by atoms with Gasteiger partial charge in [0.2, 0.25) is 0 Å². The van der Waals surface area contributed by atoms with Crippen LogP contribution in [0.25, 0.3) is 18.2 Å². The molecule has 7 nitrogen and oxygen atoms in total. The molecule has 0 N–H and O–H groups in total. The summed E-state index contributed by atoms with van der Waals surface area (Å²) in [6.45, 7) is 9.36. The molecule has 4 aromatic rings. The molecule has 1 aliphatic rings. The van der Waals surface area contributed by atoms with E-state index in [0.29, 0.717) is 18.8 Å². The fraction of sp³-hybridized carbons (Fsp3) is 0.250. The summed E-state index contributed by atoms with van der Waals surface area (Å²) < 4.78 is 17.7. The van der Waals surface area contributed by atoms with Gasteiger partial charge in [-0.05, 0) is 117 Å². The minimum Gasteiger partial charge on any atom is -0.494 e. The monoisotopic (exact) mass is 706 g/mol. The molecule has 0 atom stereocenters. The highest BCUT2D eigenvalue weighted by molar-refractivity contribution is 7.13. The van der Waals surface area contributed by atoms with Crippen molar-refractivity contribution in [3.63, 3.8) is 0 Å². The van der Waals surface area contributed by atoms with Crippen LogP contribution in [0.15, 0.2) is 113 Å². The lowest BCUT2D eigenvalue weighted by Gasteiger charge is -2.26. The molecule has 0 radical (unpaired) electrons. The van der Waals surface area contributed by atoms with E-state index in [4.69, 9.17) is 14.2 Å². The first kappa shape index (κ1) is 37.3. The lowest BCUT2D eigenvalue weighted by atomic mass is 9.94. The van der Waals surface area contributed by atoms with Gasteiger partial charge in [0.25, 0.3) is 0 Å². The third-order valence-corrected chi connectivity index (χ3v) is 9.46. The van der Waals surface area contributed by atoms with Crippen molar-refractivity contribution in [1.29, 1.82) is 15.8 Å². The van der Waals surface area contributed by atoms with Gasteiger partial charge in [-0.25, -0.2) is 0 Å². The quantitative estimate of drug-likeness (QED) is 0.0895. The average Bonchev–Trinajstić information content (AvgIpc) is 3.72. The molecule has 5 rings (SSSR count). The Bertz CT molecular complexity index is 2010. The Morgan fingerprint density at radius 1 is 0.692 bits per heavy atom. The summed E-state index contributed by atoms with van der Waals surface area (Å²) in [6.07, 6.45) is 12.2. The van der Waals surface area contributed by atoms with Crippen LogP contribution in [0, 0.1) is 34.0 Å². The van der Waals surface area contributed by atoms with Crippen LogP contribution in [0.1, 0.15) is 68.7 Å². The summed E-state index contributed by atoms with van der Waals surface area (Å²) in [5.41, 5.74) is 3.92. The van der Waals surface area contributed by atoms with Crippen molar-refractivity contribution in [3.05, 3.63) is 129 Å². The molecule has 1 aromatic heterocycles. The van der Waals surface area contributed by atoms with E-state index in [1.807, 2.05) is 74.5 Å². The lowest BCUT2D eigenvalue weighted by Crippen LogP contribution is -2.20. The molecule has 0 aliphatic carbocycles. The van der Waals surface area contributed by atoms with Crippen LogP contribution < -0.4 is 14.4 Å². The van der Waals surface area contributed by atoms with Crippen LogP contribution in [0.4, 0.5) is 17.1 Å². The zero-order chi connectivity index (χ0) is 36.9. The van der Waals surface area contributed by atoms with Gasteiger partial charge in [-0.2, -0.15) is 15.8 Å². The first-order chi connectivity index (χ1) is 25.3. The van der Waals surface area contributed by atoms with Crippen LogP contribution in [0.2, 0.25) is 0 Å². The summed E-state index contributed by atoms with van der Waals surface area (Å²) >= 11 is 1.61. The van der Waals surface area contributed by atoms with Gasteiger partial charge in [-0.15, -0.1) is 11.3 Å². The van der Waals surface area contributed by atoms with Crippen LogP contribution in [-0.4, -0.2) is 18.8 Å². The van der Waals surface area contributed by atoms with Crippen molar-refractivity contribution in [3.8, 4) is 29.7 Å². The highest BCUT2D eigenvalue weighted by Crippen LogP contribution is 2.41. The maximum Gasteiger partial charge on any atom is 0.172 e. The number of hydrogen-bond donors (Lipinski definition) is 0. The second kappa shape index (κ2) is 17.8. The van der Waals surface area contributed by atoms with Crippen LogP contribution in [0.3, 0.4) is 0 Å². The van der Waals surface area contributed by atoms with Crippen molar-refractivity contribution in [2.45, 2.75) is 59.0 Å². The van der Waals surface area contributed by atoms with Gasteiger partial charge < -0.3 is 19.1 Å². The van der Waals surface area contributed by atoms with Gasteiger partial charge in [-0.3, -0.25) is 0 Å². The van der Waals surface area contributed by atoms with Gasteiger partial charge in [0.15, 0.2) is 11.3 Å². The topological polar surface area (TPSA) is 102 Å². The molecule has 0 amide bonds. The number of benzene rings is 3. The molecule has 0 unspecified atom stereocenters. The van der Waals surface area contributed by atoms with Crippen LogP contribution in [0.5, 0.6) is 11.5 Å². The summed E-state index contributed by atoms with van der Waals surface area (Å²) in [4.78, 5) is 4.29. The third kappa shape index (κ3) is 9.20. The summed E-state index contributed by atoms with van der Waals surface area (Å²) in [6, 6.07) is 34.8. The summed E-state index contributed by atoms with van der Waals surface area (Å²) in [7, 11) is 0. The smallest absolute Gasteiger partial charge is 0.172 e. The minimum absolute atomic E-state index is 0.0386. The largest absolute Gasteiger partial charge is 0.494 e. The van der Waals surface area contributed by atoms with Gasteiger partial charge in [0.1, 0.15) is 40.9 Å². The van der Waals surface area contributed by atoms with E-state index in [2.05, 4.69) is 85.5 Å². The summed E-state index contributed by atoms with van der Waals surface area (Å²) in [5.74, 6) is 1.76. The number of ether oxygens (including phenoxy) is 3. The Morgan fingerprint density at radius 2 is 1.17 bits per heavy atom. The van der Waals surface area contributed by atoms with E-state index in [-0.39, 0.29) is 16.9 Å². The minimum atomic E-state index is -0.851. The number of allylic oxidation sites excluding steroid dienone is 2. The van der Waals surface area contributed by atoms with E-state index in [0.717, 1.165) is 69.6 Å². The Hall–Kier alpha value is -6.01. The number of rotatable bonds is 15. The van der Waals surface area contributed by atoms with Crippen LogP contribution >= 0.6 is 11.3 Å². The molecule has 0 spiro atoms. The lowest BCUT2D eigenvalue weighted by molar-refractivity contribution is 0.0954. The molecule has 1 aliphatic heterocycles. The number of thiophene rings is 1. The normalized spacial score (nSPS) is 13.4. The first-order valence-corrected chi connectivity index (χ1v) is 18.3. The fourth-order valence-electron chi connectivity index (χ4n) is 5.61. The Balaban J connectivity index is 1.34. The zero-order valence-corrected chi connectivity index (χ0v) is 30.9. The van der Waals surface area contributed by atoms with Gasteiger partial charge >= 0.3 is 0 Å². The maximum atomic E-state index is 9.82. The van der Waals surface area contributed by atoms with Gasteiger partial charge in [0.05, 0.1) is 13.2 Å². The fourth-order valence-corrected chi connectivity index (χ4v) is 6.42. The standard InChI is InChI=1S/C44H42N4O3S/c1-5-7-27-49-37-18-14-35(15-19-37)48(36-16-20-38(21-17-36)50-28-8-6-2)34-12-9-32(10-13-34)11-22-39-23-24-40(52-39)25-26-42-41(31-47)43(33(29-45)30-46)51-44(42,3)4/h9-26H,5-8,27-28H2,1-4H3/b22-11+,26-25+. The van der Waals surface area contributed by atoms with E-state index < -0.39 is 5.60 Å². The zero-order valence-electron chi connectivity index (χ0n) is 30.1. The number of nitrogens with zero attached hydrogens (tertiary/aromatic N) is 4. The van der Waals surface area contributed by atoms with Crippen molar-refractivity contribution < 1.29 is 14.2 Å². The highest BCUT2D eigenvalue weighted by atomic mass is 32.1. The van der Waals surface area contributed by atoms with Crippen LogP contribution in [-0.2, 0) is 4.74 Å². The van der Waals surface area contributed by atoms with Gasteiger partial charge in [-0.1, -0.05) is 51.0 Å². The Labute approximate surface area is 311 Å². The van der Waals surface area contributed by atoms with Crippen molar-refractivity contribution in [2.24, 2.45) is 0 Å². The molecule has 8 heteroatoms. The van der Waals surface area contributed by atoms with Gasteiger partial charge in [0, 0.05) is 32.4 Å². The van der Waals surface area contributed by atoms with Crippen molar-refractivity contribution in [2.75, 3.05) is 18.1 Å². The number of unbranched alkanes of at least 4 members (excludes halogenated alkanes) is 2. The van der Waals surface area contributed by atoms with E-state index >= 15 is 0 Å². The van der Waals surface area contributed by atoms with E-state index in [1.165, 1.54) is 0 Å². The van der Waals surface area contributed by atoms with Crippen molar-refractivity contribution in [1.82, 2.24) is 0 Å². The molecule has 3 aromatic carbocycles. The van der Waals surface area contributed by atoms with Crippen molar-refractivity contribution >= 4 is 46.6 Å². The molecule has 0 bridgehead atoms. The number of nitriles is 3. The average molecular weight is 707 g/mol. The molecule has 262 valence electrons. The first-order valence-electron chi connectivity index (χ1n) is 17.5. The molecule has 0 saturated heterocycles. The molecular weight excluding hydrogens is 665 g/mol. The SMILES string of the molecule is CCCCOc1ccc(N(c2ccc(/C=C/c3ccc(/C=C/C4=C(C#N)C(=C(C#N)C#N)OC4(C)C)s3)cc2)c2ccc(OCCCC)cc2)cc1. The maximum absolute atomic E-state index is 9.82. The molecule has 2 heterocycles. The molecule has 0 fully saturated rings.